The molecule has 0 aliphatic carbocycles. The van der Waals surface area contributed by atoms with Crippen molar-refractivity contribution in [1.82, 2.24) is 44.6 Å². The molecule has 0 atom stereocenters. The molecule has 45 heavy (non-hydrogen) atoms. The second-order valence-corrected chi connectivity index (χ2v) is 11.0. The molecule has 248 valence electrons. The van der Waals surface area contributed by atoms with Gasteiger partial charge >= 0.3 is 18.1 Å². The van der Waals surface area contributed by atoms with E-state index in [1.807, 2.05) is 17.0 Å². The van der Waals surface area contributed by atoms with Crippen LogP contribution in [0, 0.1) is 37.3 Å². The van der Waals surface area contributed by atoms with Gasteiger partial charge in [-0.3, -0.25) is 34.2 Å². The third-order valence-electron chi connectivity index (χ3n) is 7.68. The number of hydrogen-bond donors (Lipinski definition) is 2. The zero-order chi connectivity index (χ0) is 31.3. The van der Waals surface area contributed by atoms with Crippen LogP contribution < -0.4 is 0 Å². The Bertz CT molecular complexity index is 1440. The van der Waals surface area contributed by atoms with Gasteiger partial charge in [0.05, 0.1) is 54.2 Å². The standard InChI is InChI=1S/C28H34F3N9O4.Er/c29-28(30,31)20-12-22-16-37-6-10-38(18-26(41)42)8-4-36(5-9-39(11-7-37)19-27(43)44)15-21-2-1-3-24(34-21)25-14-32-35-40(25)17-23(13-20)33-22;/h1-3,12-14H,4-11,15-19H2,(H,41,42)(H,43,44);. The summed E-state index contributed by atoms with van der Waals surface area (Å²) in [7, 11) is 0. The van der Waals surface area contributed by atoms with Crippen molar-refractivity contribution in [3.63, 3.8) is 0 Å². The van der Waals surface area contributed by atoms with Gasteiger partial charge in [-0.1, -0.05) is 11.3 Å². The fourth-order valence-electron chi connectivity index (χ4n) is 5.46. The molecule has 3 aliphatic rings. The van der Waals surface area contributed by atoms with E-state index in [2.05, 4.69) is 20.2 Å². The average Bonchev–Trinajstić information content (AvgIpc) is 3.41. The molecule has 0 aromatic carbocycles. The summed E-state index contributed by atoms with van der Waals surface area (Å²) in [6, 6.07) is 7.47. The Morgan fingerprint density at radius 1 is 0.756 bits per heavy atom. The second-order valence-electron chi connectivity index (χ2n) is 11.0. The van der Waals surface area contributed by atoms with Crippen LogP contribution in [0.25, 0.3) is 11.4 Å². The number of carboxylic acids is 2. The maximum absolute atomic E-state index is 14.0. The van der Waals surface area contributed by atoms with Crippen LogP contribution in [0.3, 0.4) is 0 Å². The van der Waals surface area contributed by atoms with Crippen molar-refractivity contribution in [1.29, 1.82) is 0 Å². The predicted octanol–water partition coefficient (Wildman–Crippen LogP) is 1.21. The summed E-state index contributed by atoms with van der Waals surface area (Å²) >= 11 is 0. The van der Waals surface area contributed by atoms with Gasteiger partial charge in [-0.25, -0.2) is 9.67 Å². The molecular formula is C28H34ErF3N9O4. The number of hydrogen-bond acceptors (Lipinski definition) is 10. The smallest absolute Gasteiger partial charge is 0.416 e. The molecule has 1 saturated heterocycles. The molecule has 3 aromatic heterocycles. The number of aromatic nitrogens is 5. The molecule has 1 fully saturated rings. The van der Waals surface area contributed by atoms with Crippen molar-refractivity contribution in [3.8, 4) is 11.4 Å². The predicted molar refractivity (Wildman–Crippen MR) is 150 cm³/mol. The van der Waals surface area contributed by atoms with Gasteiger partial charge in [0, 0.05) is 103 Å². The van der Waals surface area contributed by atoms with E-state index in [4.69, 9.17) is 4.98 Å². The van der Waals surface area contributed by atoms with E-state index in [9.17, 15) is 33.0 Å². The zero-order valence-corrected chi connectivity index (χ0v) is 26.2. The minimum Gasteiger partial charge on any atom is -0.480 e. The quantitative estimate of drug-likeness (QED) is 0.393. The molecule has 6 rings (SSSR count). The van der Waals surface area contributed by atoms with E-state index in [-0.39, 0.29) is 74.9 Å². The SMILES string of the molecule is O=C(O)CN1CCN2CCN(CC(=O)O)CCN(CC1)Cc1cccc(n1)-c1cnnn1Cc1cc(C(F)(F)F)cc(n1)C2.[Er]. The second kappa shape index (κ2) is 15.7. The number of pyridine rings is 2. The van der Waals surface area contributed by atoms with E-state index in [0.29, 0.717) is 76.0 Å². The van der Waals surface area contributed by atoms with Crippen LogP contribution in [0.15, 0.2) is 36.5 Å². The number of fused-ring (bicyclic) bond motifs is 8. The van der Waals surface area contributed by atoms with Crippen LogP contribution in [0.5, 0.6) is 0 Å². The van der Waals surface area contributed by atoms with Gasteiger partial charge in [0.15, 0.2) is 0 Å². The van der Waals surface area contributed by atoms with Crippen LogP contribution in [-0.4, -0.2) is 132 Å². The molecule has 0 spiro atoms. The maximum atomic E-state index is 14.0. The molecule has 0 saturated carbocycles. The van der Waals surface area contributed by atoms with Gasteiger partial charge in [0.1, 0.15) is 5.69 Å². The van der Waals surface area contributed by atoms with Crippen molar-refractivity contribution >= 4 is 11.9 Å². The fraction of sp³-hybridized carbons (Fsp3) is 0.500. The average molecular weight is 785 g/mol. The molecule has 17 heteroatoms. The summed E-state index contributed by atoms with van der Waals surface area (Å²) in [5, 5.41) is 27.2. The summed E-state index contributed by atoms with van der Waals surface area (Å²) in [5.74, 6) is -1.96. The fourth-order valence-corrected chi connectivity index (χ4v) is 5.46. The maximum Gasteiger partial charge on any atom is 0.416 e. The Morgan fingerprint density at radius 2 is 1.29 bits per heavy atom. The third kappa shape index (κ3) is 10.1. The van der Waals surface area contributed by atoms with Crippen molar-refractivity contribution in [3.05, 3.63) is 59.2 Å². The summed E-state index contributed by atoms with van der Waals surface area (Å²) in [6.07, 6.45) is -3.11. The summed E-state index contributed by atoms with van der Waals surface area (Å²) in [6.45, 7) is 3.24. The Morgan fingerprint density at radius 3 is 1.82 bits per heavy atom. The largest absolute Gasteiger partial charge is 0.480 e. The van der Waals surface area contributed by atoms with E-state index >= 15 is 0 Å². The van der Waals surface area contributed by atoms with E-state index in [1.165, 1.54) is 10.9 Å². The van der Waals surface area contributed by atoms with E-state index in [1.54, 1.807) is 15.9 Å². The molecule has 3 aromatic rings. The molecule has 0 radical (unpaired) electrons. The zero-order valence-electron chi connectivity index (χ0n) is 24.3. The first-order chi connectivity index (χ1) is 21.0. The number of carboxylic acid groups (broad SMARTS) is 2. The van der Waals surface area contributed by atoms with Crippen molar-refractivity contribution in [2.45, 2.75) is 25.8 Å². The first-order valence-corrected chi connectivity index (χ1v) is 14.3. The van der Waals surface area contributed by atoms with Crippen molar-refractivity contribution in [2.75, 3.05) is 65.4 Å². The van der Waals surface area contributed by atoms with Crippen LogP contribution in [-0.2, 0) is 35.4 Å². The Kier molecular flexibility index (Phi) is 12.3. The van der Waals surface area contributed by atoms with Gasteiger partial charge in [-0.05, 0) is 24.3 Å². The number of alkyl halides is 3. The molecule has 0 amide bonds. The number of halogens is 3. The normalized spacial score (nSPS) is 20.4. The van der Waals surface area contributed by atoms with E-state index < -0.39 is 23.7 Å². The summed E-state index contributed by atoms with van der Waals surface area (Å²) in [4.78, 5) is 40.4. The third-order valence-corrected chi connectivity index (χ3v) is 7.68. The molecule has 6 bridgehead atoms. The minimum absolute atomic E-state index is 0. The summed E-state index contributed by atoms with van der Waals surface area (Å²) < 4.78 is 43.6. The number of aliphatic carboxylic acids is 2. The Hall–Kier alpha value is -2.74. The molecule has 6 heterocycles. The van der Waals surface area contributed by atoms with Gasteiger partial charge in [0.2, 0.25) is 0 Å². The topological polar surface area (TPSA) is 144 Å². The van der Waals surface area contributed by atoms with Crippen molar-refractivity contribution in [2.24, 2.45) is 0 Å². The molecule has 3 aliphatic heterocycles. The number of nitrogens with zero attached hydrogens (tertiary/aromatic N) is 9. The summed E-state index contributed by atoms with van der Waals surface area (Å²) in [5.41, 5.74) is 1.25. The molecule has 0 unspecified atom stereocenters. The number of carbonyl (C=O) groups is 2. The van der Waals surface area contributed by atoms with Gasteiger partial charge in [-0.15, -0.1) is 5.10 Å². The monoisotopic (exact) mass is 783 g/mol. The number of rotatable bonds is 4. The van der Waals surface area contributed by atoms with Crippen LogP contribution in [0.2, 0.25) is 0 Å². The van der Waals surface area contributed by atoms with Crippen molar-refractivity contribution < 1.29 is 70.3 Å². The first-order valence-electron chi connectivity index (χ1n) is 14.3. The van der Waals surface area contributed by atoms with Crippen LogP contribution >= 0.6 is 0 Å². The molecular weight excluding hydrogens is 751 g/mol. The Labute approximate surface area is 287 Å². The minimum atomic E-state index is -4.62. The van der Waals surface area contributed by atoms with E-state index in [0.717, 1.165) is 12.1 Å². The molecule has 13 nitrogen and oxygen atoms in total. The van der Waals surface area contributed by atoms with Gasteiger partial charge < -0.3 is 10.2 Å². The molecule has 2 N–H and O–H groups in total. The first kappa shape index (κ1) is 35.1. The van der Waals surface area contributed by atoms with Gasteiger partial charge in [-0.2, -0.15) is 13.2 Å². The van der Waals surface area contributed by atoms with Gasteiger partial charge in [0.25, 0.3) is 0 Å². The Balaban J connectivity index is 0.00000461. The van der Waals surface area contributed by atoms with Crippen LogP contribution in [0.4, 0.5) is 13.2 Å². The van der Waals surface area contributed by atoms with Crippen LogP contribution in [0.1, 0.15) is 22.6 Å².